The Kier molecular flexibility index (Phi) is 3.05. The zero-order valence-electron chi connectivity index (χ0n) is 6.20. The van der Waals surface area contributed by atoms with Gasteiger partial charge in [-0.05, 0) is 17.7 Å². The van der Waals surface area contributed by atoms with Gasteiger partial charge in [0.15, 0.2) is 0 Å². The minimum absolute atomic E-state index is 0.861. The number of carboxylic acid groups (broad SMARTS) is 1. The summed E-state index contributed by atoms with van der Waals surface area (Å²) in [5.41, 5.74) is 0.861. The first-order valence-electron chi connectivity index (χ1n) is 3.35. The number of hydrogen-bond acceptors (Lipinski definition) is 1. The lowest BCUT2D eigenvalue weighted by Crippen LogP contribution is -1.85. The average Bonchev–Trinajstić information content (AvgIpc) is 2.03. The second kappa shape index (κ2) is 4.07. The normalized spacial score (nSPS) is 10.4. The van der Waals surface area contributed by atoms with E-state index in [-0.39, 0.29) is 0 Å². The first kappa shape index (κ1) is 9.00. The lowest BCUT2D eigenvalue weighted by atomic mass is 10.2. The van der Waals surface area contributed by atoms with Crippen molar-refractivity contribution >= 4 is 28.0 Å². The SMILES string of the molecule is O=C(O)C=Cc1ccccc1Br. The predicted molar refractivity (Wildman–Crippen MR) is 50.8 cm³/mol. The molecule has 0 aliphatic heterocycles. The van der Waals surface area contributed by atoms with Crippen molar-refractivity contribution in [2.24, 2.45) is 0 Å². The Balaban J connectivity index is 2.89. The van der Waals surface area contributed by atoms with Crippen LogP contribution in [0.25, 0.3) is 6.08 Å². The highest BCUT2D eigenvalue weighted by Gasteiger charge is 1.93. The molecule has 2 nitrogen and oxygen atoms in total. The molecule has 0 saturated heterocycles. The summed E-state index contributed by atoms with van der Waals surface area (Å²) in [5, 5.41) is 8.36. The van der Waals surface area contributed by atoms with Crippen LogP contribution in [-0.2, 0) is 4.79 Å². The van der Waals surface area contributed by atoms with Gasteiger partial charge in [-0.25, -0.2) is 4.79 Å². The number of rotatable bonds is 2. The van der Waals surface area contributed by atoms with Gasteiger partial charge in [-0.3, -0.25) is 0 Å². The van der Waals surface area contributed by atoms with Crippen LogP contribution < -0.4 is 0 Å². The van der Waals surface area contributed by atoms with Gasteiger partial charge in [-0.2, -0.15) is 0 Å². The molecule has 1 aromatic carbocycles. The fourth-order valence-corrected chi connectivity index (χ4v) is 1.19. The van der Waals surface area contributed by atoms with Gasteiger partial charge in [0.1, 0.15) is 0 Å². The number of halogens is 1. The average molecular weight is 227 g/mol. The molecule has 0 saturated carbocycles. The molecule has 0 bridgehead atoms. The minimum Gasteiger partial charge on any atom is -0.478 e. The second-order valence-electron chi connectivity index (χ2n) is 2.19. The van der Waals surface area contributed by atoms with Gasteiger partial charge in [0, 0.05) is 10.5 Å². The quantitative estimate of drug-likeness (QED) is 0.788. The molecule has 0 radical (unpaired) electrons. The summed E-state index contributed by atoms with van der Waals surface area (Å²) < 4.78 is 0.891. The molecule has 12 heavy (non-hydrogen) atoms. The Hall–Kier alpha value is -1.09. The van der Waals surface area contributed by atoms with Gasteiger partial charge >= 0.3 is 5.97 Å². The van der Waals surface area contributed by atoms with E-state index in [1.54, 1.807) is 6.08 Å². The Morgan fingerprint density at radius 3 is 2.67 bits per heavy atom. The lowest BCUT2D eigenvalue weighted by Gasteiger charge is -1.94. The molecular weight excluding hydrogens is 220 g/mol. The van der Waals surface area contributed by atoms with Gasteiger partial charge in [-0.1, -0.05) is 34.1 Å². The van der Waals surface area contributed by atoms with Crippen molar-refractivity contribution in [2.75, 3.05) is 0 Å². The Labute approximate surface area is 78.7 Å². The van der Waals surface area contributed by atoms with Crippen LogP contribution in [0.4, 0.5) is 0 Å². The number of aliphatic carboxylic acids is 1. The van der Waals surface area contributed by atoms with Crippen molar-refractivity contribution in [1.29, 1.82) is 0 Å². The third-order valence-electron chi connectivity index (χ3n) is 1.31. The van der Waals surface area contributed by atoms with Crippen LogP contribution in [0.5, 0.6) is 0 Å². The van der Waals surface area contributed by atoms with Crippen LogP contribution in [0.1, 0.15) is 5.56 Å². The van der Waals surface area contributed by atoms with Crippen molar-refractivity contribution in [2.45, 2.75) is 0 Å². The molecule has 1 aromatic rings. The van der Waals surface area contributed by atoms with Crippen molar-refractivity contribution in [3.63, 3.8) is 0 Å². The van der Waals surface area contributed by atoms with Gasteiger partial charge in [-0.15, -0.1) is 0 Å². The van der Waals surface area contributed by atoms with Crippen LogP contribution in [0, 0.1) is 0 Å². The van der Waals surface area contributed by atoms with E-state index in [1.165, 1.54) is 0 Å². The second-order valence-corrected chi connectivity index (χ2v) is 3.05. The van der Waals surface area contributed by atoms with E-state index in [2.05, 4.69) is 15.9 Å². The third-order valence-corrected chi connectivity index (χ3v) is 2.03. The summed E-state index contributed by atoms with van der Waals surface area (Å²) >= 11 is 3.30. The van der Waals surface area contributed by atoms with Gasteiger partial charge in [0.05, 0.1) is 0 Å². The van der Waals surface area contributed by atoms with Crippen molar-refractivity contribution in [1.82, 2.24) is 0 Å². The molecule has 0 atom stereocenters. The minimum atomic E-state index is -0.939. The highest BCUT2D eigenvalue weighted by Crippen LogP contribution is 2.16. The maximum Gasteiger partial charge on any atom is 0.328 e. The monoisotopic (exact) mass is 226 g/mol. The molecule has 0 aliphatic carbocycles. The first-order valence-corrected chi connectivity index (χ1v) is 4.15. The molecule has 0 fully saturated rings. The highest BCUT2D eigenvalue weighted by atomic mass is 79.9. The smallest absolute Gasteiger partial charge is 0.328 e. The molecule has 0 unspecified atom stereocenters. The molecular formula is C9H7BrO2. The molecule has 1 rings (SSSR count). The zero-order valence-corrected chi connectivity index (χ0v) is 7.78. The summed E-state index contributed by atoms with van der Waals surface area (Å²) in [6, 6.07) is 7.43. The van der Waals surface area contributed by atoms with Crippen LogP contribution in [0.2, 0.25) is 0 Å². The summed E-state index contributed by atoms with van der Waals surface area (Å²) in [6.07, 6.45) is 2.66. The van der Waals surface area contributed by atoms with Gasteiger partial charge in [0.25, 0.3) is 0 Å². The van der Waals surface area contributed by atoms with Crippen LogP contribution in [0.15, 0.2) is 34.8 Å². The molecule has 62 valence electrons. The standard InChI is InChI=1S/C9H7BrO2/c10-8-4-2-1-3-7(8)5-6-9(11)12/h1-6H,(H,11,12). The van der Waals surface area contributed by atoms with E-state index >= 15 is 0 Å². The topological polar surface area (TPSA) is 37.3 Å². The maximum atomic E-state index is 10.2. The van der Waals surface area contributed by atoms with Crippen LogP contribution in [0.3, 0.4) is 0 Å². The van der Waals surface area contributed by atoms with Gasteiger partial charge < -0.3 is 5.11 Å². The molecule has 0 aliphatic rings. The van der Waals surface area contributed by atoms with Crippen LogP contribution in [-0.4, -0.2) is 11.1 Å². The number of hydrogen-bond donors (Lipinski definition) is 1. The fraction of sp³-hybridized carbons (Fsp3) is 0. The van der Waals surface area contributed by atoms with Crippen molar-refractivity contribution < 1.29 is 9.90 Å². The molecule has 0 heterocycles. The van der Waals surface area contributed by atoms with E-state index in [9.17, 15) is 4.79 Å². The van der Waals surface area contributed by atoms with Crippen LogP contribution >= 0.6 is 15.9 Å². The lowest BCUT2D eigenvalue weighted by molar-refractivity contribution is -0.131. The summed E-state index contributed by atoms with van der Waals surface area (Å²) in [7, 11) is 0. The van der Waals surface area contributed by atoms with E-state index < -0.39 is 5.97 Å². The summed E-state index contributed by atoms with van der Waals surface area (Å²) in [4.78, 5) is 10.2. The Bertz CT molecular complexity index is 318. The third kappa shape index (κ3) is 2.51. The highest BCUT2D eigenvalue weighted by molar-refractivity contribution is 9.10. The van der Waals surface area contributed by atoms with Crippen molar-refractivity contribution in [3.8, 4) is 0 Å². The largest absolute Gasteiger partial charge is 0.478 e. The number of carbonyl (C=O) groups is 1. The molecule has 0 spiro atoms. The first-order chi connectivity index (χ1) is 5.70. The number of benzene rings is 1. The maximum absolute atomic E-state index is 10.2. The number of carboxylic acids is 1. The van der Waals surface area contributed by atoms with E-state index in [0.29, 0.717) is 0 Å². The van der Waals surface area contributed by atoms with Gasteiger partial charge in [0.2, 0.25) is 0 Å². The summed E-state index contributed by atoms with van der Waals surface area (Å²) in [6.45, 7) is 0. The predicted octanol–water partition coefficient (Wildman–Crippen LogP) is 2.55. The van der Waals surface area contributed by atoms with E-state index in [0.717, 1.165) is 16.1 Å². The molecule has 3 heteroatoms. The Morgan fingerprint density at radius 1 is 1.42 bits per heavy atom. The van der Waals surface area contributed by atoms with Crippen molar-refractivity contribution in [3.05, 3.63) is 40.4 Å². The fourth-order valence-electron chi connectivity index (χ4n) is 0.771. The van der Waals surface area contributed by atoms with E-state index in [4.69, 9.17) is 5.11 Å². The molecule has 1 N–H and O–H groups in total. The molecule has 0 aromatic heterocycles. The zero-order chi connectivity index (χ0) is 8.97. The summed E-state index contributed by atoms with van der Waals surface area (Å²) in [5.74, 6) is -0.939. The molecule has 0 amide bonds. The Morgan fingerprint density at radius 2 is 2.08 bits per heavy atom. The van der Waals surface area contributed by atoms with E-state index in [1.807, 2.05) is 24.3 Å².